The van der Waals surface area contributed by atoms with Gasteiger partial charge in [-0.2, -0.15) is 0 Å². The summed E-state index contributed by atoms with van der Waals surface area (Å²) in [5.41, 5.74) is 0.928. The highest BCUT2D eigenvalue weighted by Gasteiger charge is 2.22. The third-order valence-electron chi connectivity index (χ3n) is 5.00. The molecule has 1 N–H and O–H groups in total. The highest BCUT2D eigenvalue weighted by Crippen LogP contribution is 2.27. The van der Waals surface area contributed by atoms with Gasteiger partial charge in [-0.05, 0) is 32.0 Å². The Bertz CT molecular complexity index is 658. The molecule has 0 bridgehead atoms. The molecule has 1 saturated heterocycles. The molecule has 2 aromatic rings. The van der Waals surface area contributed by atoms with E-state index in [1.807, 2.05) is 23.1 Å². The van der Waals surface area contributed by atoms with Crippen molar-refractivity contribution in [3.63, 3.8) is 0 Å². The van der Waals surface area contributed by atoms with Crippen LogP contribution >= 0.6 is 0 Å². The summed E-state index contributed by atoms with van der Waals surface area (Å²) >= 11 is 0. The number of nitrogens with one attached hydrogen (secondary N) is 1. The SMILES string of the molecule is CCCN(CCC(=O)N1CCNCC1)C(C)c1cc2ccccc2o1. The van der Waals surface area contributed by atoms with Gasteiger partial charge in [-0.1, -0.05) is 25.1 Å². The summed E-state index contributed by atoms with van der Waals surface area (Å²) in [4.78, 5) is 16.8. The summed E-state index contributed by atoms with van der Waals surface area (Å²) in [5.74, 6) is 1.24. The lowest BCUT2D eigenvalue weighted by molar-refractivity contribution is -0.132. The van der Waals surface area contributed by atoms with Gasteiger partial charge >= 0.3 is 0 Å². The Morgan fingerprint density at radius 1 is 1.28 bits per heavy atom. The molecular formula is C20H29N3O2. The smallest absolute Gasteiger partial charge is 0.223 e. The van der Waals surface area contributed by atoms with Gasteiger partial charge in [-0.15, -0.1) is 0 Å². The Morgan fingerprint density at radius 2 is 2.04 bits per heavy atom. The van der Waals surface area contributed by atoms with E-state index >= 15 is 0 Å². The molecule has 1 amide bonds. The number of amides is 1. The average molecular weight is 343 g/mol. The van der Waals surface area contributed by atoms with Crippen LogP contribution < -0.4 is 5.32 Å². The van der Waals surface area contributed by atoms with E-state index in [0.29, 0.717) is 6.42 Å². The van der Waals surface area contributed by atoms with Crippen LogP contribution in [0, 0.1) is 0 Å². The number of rotatable bonds is 7. The summed E-state index contributed by atoms with van der Waals surface area (Å²) in [7, 11) is 0. The van der Waals surface area contributed by atoms with E-state index in [4.69, 9.17) is 4.42 Å². The minimum Gasteiger partial charge on any atom is -0.459 e. The Balaban J connectivity index is 1.63. The van der Waals surface area contributed by atoms with Gasteiger partial charge in [-0.25, -0.2) is 0 Å². The van der Waals surface area contributed by atoms with Crippen molar-refractivity contribution in [3.8, 4) is 0 Å². The maximum Gasteiger partial charge on any atom is 0.223 e. The second-order valence-corrected chi connectivity index (χ2v) is 6.78. The largest absolute Gasteiger partial charge is 0.459 e. The van der Waals surface area contributed by atoms with E-state index in [1.165, 1.54) is 0 Å². The first-order chi connectivity index (χ1) is 12.2. The van der Waals surface area contributed by atoms with Crippen molar-refractivity contribution in [2.24, 2.45) is 0 Å². The second kappa shape index (κ2) is 8.50. The number of furan rings is 1. The molecule has 0 saturated carbocycles. The first-order valence-corrected chi connectivity index (χ1v) is 9.40. The molecule has 1 fully saturated rings. The van der Waals surface area contributed by atoms with E-state index in [2.05, 4.69) is 36.2 Å². The minimum atomic E-state index is 0.170. The maximum absolute atomic E-state index is 12.5. The zero-order valence-electron chi connectivity index (χ0n) is 15.3. The van der Waals surface area contributed by atoms with Crippen molar-refractivity contribution in [3.05, 3.63) is 36.1 Å². The van der Waals surface area contributed by atoms with E-state index in [-0.39, 0.29) is 11.9 Å². The fourth-order valence-corrected chi connectivity index (χ4v) is 3.49. The molecule has 0 aliphatic carbocycles. The summed E-state index contributed by atoms with van der Waals surface area (Å²) in [6.07, 6.45) is 1.64. The van der Waals surface area contributed by atoms with Gasteiger partial charge in [0, 0.05) is 44.5 Å². The fraction of sp³-hybridized carbons (Fsp3) is 0.550. The van der Waals surface area contributed by atoms with Gasteiger partial charge in [0.2, 0.25) is 5.91 Å². The molecule has 0 radical (unpaired) electrons. The number of para-hydroxylation sites is 1. The third-order valence-corrected chi connectivity index (χ3v) is 5.00. The van der Waals surface area contributed by atoms with Crippen LogP contribution in [0.15, 0.2) is 34.7 Å². The van der Waals surface area contributed by atoms with Crippen molar-refractivity contribution < 1.29 is 9.21 Å². The quantitative estimate of drug-likeness (QED) is 0.839. The minimum absolute atomic E-state index is 0.170. The Labute approximate surface area is 150 Å². The van der Waals surface area contributed by atoms with Crippen LogP contribution in [0.3, 0.4) is 0 Å². The maximum atomic E-state index is 12.5. The van der Waals surface area contributed by atoms with Crippen LogP contribution in [0.5, 0.6) is 0 Å². The molecule has 1 aromatic heterocycles. The Kier molecular flexibility index (Phi) is 6.10. The molecule has 1 aliphatic rings. The predicted molar refractivity (Wildman–Crippen MR) is 101 cm³/mol. The zero-order chi connectivity index (χ0) is 17.6. The van der Waals surface area contributed by atoms with Crippen LogP contribution in [-0.4, -0.2) is 55.0 Å². The number of hydrogen-bond donors (Lipinski definition) is 1. The third kappa shape index (κ3) is 4.41. The molecule has 0 spiro atoms. The lowest BCUT2D eigenvalue weighted by atomic mass is 10.1. The van der Waals surface area contributed by atoms with Gasteiger partial charge in [0.25, 0.3) is 0 Å². The monoisotopic (exact) mass is 343 g/mol. The van der Waals surface area contributed by atoms with E-state index < -0.39 is 0 Å². The van der Waals surface area contributed by atoms with Crippen molar-refractivity contribution in [2.75, 3.05) is 39.3 Å². The number of carbonyl (C=O) groups is 1. The van der Waals surface area contributed by atoms with E-state index in [1.54, 1.807) is 0 Å². The molecular weight excluding hydrogens is 314 g/mol. The lowest BCUT2D eigenvalue weighted by Crippen LogP contribution is -2.47. The van der Waals surface area contributed by atoms with Gasteiger partial charge in [0.15, 0.2) is 0 Å². The zero-order valence-corrected chi connectivity index (χ0v) is 15.3. The molecule has 1 aliphatic heterocycles. The number of hydrogen-bond acceptors (Lipinski definition) is 4. The van der Waals surface area contributed by atoms with Crippen molar-refractivity contribution in [2.45, 2.75) is 32.7 Å². The first kappa shape index (κ1) is 18.0. The lowest BCUT2D eigenvalue weighted by Gasteiger charge is -2.30. The Hall–Kier alpha value is -1.85. The average Bonchev–Trinajstić information content (AvgIpc) is 3.09. The van der Waals surface area contributed by atoms with Crippen LogP contribution in [0.1, 0.15) is 38.5 Å². The number of carbonyl (C=O) groups excluding carboxylic acids is 1. The van der Waals surface area contributed by atoms with E-state index in [0.717, 1.165) is 62.4 Å². The summed E-state index contributed by atoms with van der Waals surface area (Å²) < 4.78 is 6.03. The van der Waals surface area contributed by atoms with Gasteiger partial charge in [0.1, 0.15) is 11.3 Å². The van der Waals surface area contributed by atoms with Crippen molar-refractivity contribution >= 4 is 16.9 Å². The van der Waals surface area contributed by atoms with E-state index in [9.17, 15) is 4.79 Å². The fourth-order valence-electron chi connectivity index (χ4n) is 3.49. The topological polar surface area (TPSA) is 48.7 Å². The molecule has 1 aromatic carbocycles. The molecule has 5 nitrogen and oxygen atoms in total. The molecule has 1 unspecified atom stereocenters. The summed E-state index contributed by atoms with van der Waals surface area (Å²) in [6.45, 7) is 9.54. The molecule has 136 valence electrons. The van der Waals surface area contributed by atoms with Gasteiger partial charge in [-0.3, -0.25) is 9.69 Å². The van der Waals surface area contributed by atoms with Crippen LogP contribution in [0.25, 0.3) is 11.0 Å². The number of piperazine rings is 1. The van der Waals surface area contributed by atoms with Crippen molar-refractivity contribution in [1.82, 2.24) is 15.1 Å². The van der Waals surface area contributed by atoms with Crippen LogP contribution in [-0.2, 0) is 4.79 Å². The normalized spacial score (nSPS) is 16.5. The number of fused-ring (bicyclic) bond motifs is 1. The summed E-state index contributed by atoms with van der Waals surface area (Å²) in [6, 6.07) is 10.4. The second-order valence-electron chi connectivity index (χ2n) is 6.78. The molecule has 2 heterocycles. The van der Waals surface area contributed by atoms with Crippen LogP contribution in [0.4, 0.5) is 0 Å². The number of nitrogens with zero attached hydrogens (tertiary/aromatic N) is 2. The van der Waals surface area contributed by atoms with Crippen LogP contribution in [0.2, 0.25) is 0 Å². The molecule has 25 heavy (non-hydrogen) atoms. The highest BCUT2D eigenvalue weighted by atomic mass is 16.3. The predicted octanol–water partition coefficient (Wildman–Crippen LogP) is 3.03. The first-order valence-electron chi connectivity index (χ1n) is 9.40. The molecule has 5 heteroatoms. The molecule has 3 rings (SSSR count). The van der Waals surface area contributed by atoms with Gasteiger partial charge in [0.05, 0.1) is 6.04 Å². The number of benzene rings is 1. The summed E-state index contributed by atoms with van der Waals surface area (Å²) in [5, 5.41) is 4.43. The Morgan fingerprint density at radius 3 is 2.76 bits per heavy atom. The van der Waals surface area contributed by atoms with Crippen molar-refractivity contribution in [1.29, 1.82) is 0 Å². The van der Waals surface area contributed by atoms with Gasteiger partial charge < -0.3 is 14.6 Å². The molecule has 1 atom stereocenters. The highest BCUT2D eigenvalue weighted by molar-refractivity contribution is 5.78. The standard InChI is InChI=1S/C20H29N3O2/c1-3-11-22(12-8-20(24)23-13-9-21-10-14-23)16(2)19-15-17-6-4-5-7-18(17)25-19/h4-7,15-16,21H,3,8-14H2,1-2H3.